The molecule has 0 aromatic heterocycles. The van der Waals surface area contributed by atoms with Crippen LogP contribution in [0.3, 0.4) is 0 Å². The summed E-state index contributed by atoms with van der Waals surface area (Å²) < 4.78 is 5.82. The van der Waals surface area contributed by atoms with Gasteiger partial charge in [-0.05, 0) is 43.5 Å². The van der Waals surface area contributed by atoms with Gasteiger partial charge in [0.1, 0.15) is 12.4 Å². The van der Waals surface area contributed by atoms with E-state index in [1.165, 1.54) is 19.3 Å². The van der Waals surface area contributed by atoms with Gasteiger partial charge in [-0.3, -0.25) is 0 Å². The highest BCUT2D eigenvalue weighted by Gasteiger charge is 2.28. The molecule has 4 N–H and O–H groups in total. The van der Waals surface area contributed by atoms with Crippen molar-refractivity contribution in [3.63, 3.8) is 0 Å². The quantitative estimate of drug-likeness (QED) is 0.755. The van der Waals surface area contributed by atoms with Crippen LogP contribution >= 0.6 is 0 Å². The fraction of sp³-hybridized carbons (Fsp3) is 0.667. The highest BCUT2D eigenvalue weighted by atomic mass is 16.5. The summed E-state index contributed by atoms with van der Waals surface area (Å²) in [6.45, 7) is 0.773. The van der Waals surface area contributed by atoms with E-state index in [0.29, 0.717) is 25.3 Å². The molecule has 0 amide bonds. The normalized spacial score (nSPS) is 20.0. The Bertz CT molecular complexity index is 442. The van der Waals surface area contributed by atoms with E-state index in [9.17, 15) is 10.2 Å². The van der Waals surface area contributed by atoms with E-state index in [0.717, 1.165) is 31.2 Å². The average Bonchev–Trinajstić information content (AvgIpc) is 2.50. The van der Waals surface area contributed by atoms with Crippen LogP contribution in [0.4, 0.5) is 0 Å². The van der Waals surface area contributed by atoms with Gasteiger partial charge in [0.15, 0.2) is 0 Å². The van der Waals surface area contributed by atoms with Gasteiger partial charge in [0.05, 0.1) is 11.7 Å². The summed E-state index contributed by atoms with van der Waals surface area (Å²) in [5.41, 5.74) is 5.58. The van der Waals surface area contributed by atoms with Gasteiger partial charge >= 0.3 is 0 Å². The van der Waals surface area contributed by atoms with Gasteiger partial charge in [-0.1, -0.05) is 44.2 Å². The van der Waals surface area contributed by atoms with Crippen LogP contribution in [0.15, 0.2) is 24.3 Å². The third-order valence-electron chi connectivity index (χ3n) is 4.47. The van der Waals surface area contributed by atoms with Gasteiger partial charge < -0.3 is 20.7 Å². The predicted octanol–water partition coefficient (Wildman–Crippen LogP) is 2.92. The average molecular weight is 307 g/mol. The maximum absolute atomic E-state index is 10.7. The molecule has 1 aromatic rings. The number of rotatable bonds is 6. The number of aliphatic hydroxyl groups is 2. The number of hydrogen-bond acceptors (Lipinski definition) is 4. The third-order valence-corrected chi connectivity index (χ3v) is 4.47. The molecule has 1 aliphatic carbocycles. The monoisotopic (exact) mass is 307 g/mol. The van der Waals surface area contributed by atoms with Gasteiger partial charge in [-0.15, -0.1) is 0 Å². The lowest BCUT2D eigenvalue weighted by atomic mass is 9.88. The minimum absolute atomic E-state index is 0.323. The molecule has 1 saturated carbocycles. The van der Waals surface area contributed by atoms with Crippen LogP contribution < -0.4 is 10.5 Å². The fourth-order valence-corrected chi connectivity index (χ4v) is 3.06. The SMILES string of the molecule is NCCC(O)c1cccc(OCC2(O)CCCCCCC2)c1. The van der Waals surface area contributed by atoms with Crippen molar-refractivity contribution in [1.82, 2.24) is 0 Å². The van der Waals surface area contributed by atoms with Crippen molar-refractivity contribution in [2.24, 2.45) is 5.73 Å². The van der Waals surface area contributed by atoms with E-state index in [4.69, 9.17) is 10.5 Å². The zero-order chi connectivity index (χ0) is 15.8. The van der Waals surface area contributed by atoms with Crippen molar-refractivity contribution in [2.75, 3.05) is 13.2 Å². The second-order valence-electron chi connectivity index (χ2n) is 6.45. The molecular formula is C18H29NO3. The first-order valence-electron chi connectivity index (χ1n) is 8.46. The zero-order valence-corrected chi connectivity index (χ0v) is 13.3. The highest BCUT2D eigenvalue weighted by Crippen LogP contribution is 2.28. The van der Waals surface area contributed by atoms with Crippen LogP contribution in [0.5, 0.6) is 5.75 Å². The Morgan fingerprint density at radius 3 is 2.50 bits per heavy atom. The van der Waals surface area contributed by atoms with Crippen LogP contribution in [0, 0.1) is 0 Å². The number of aliphatic hydroxyl groups excluding tert-OH is 1. The van der Waals surface area contributed by atoms with Crippen LogP contribution in [-0.2, 0) is 0 Å². The second-order valence-corrected chi connectivity index (χ2v) is 6.45. The summed E-state index contributed by atoms with van der Waals surface area (Å²) in [7, 11) is 0. The van der Waals surface area contributed by atoms with Gasteiger partial charge in [-0.25, -0.2) is 0 Å². The Labute approximate surface area is 133 Å². The van der Waals surface area contributed by atoms with E-state index < -0.39 is 11.7 Å². The summed E-state index contributed by atoms with van der Waals surface area (Å²) in [6, 6.07) is 7.45. The molecule has 0 aliphatic heterocycles. The number of ether oxygens (including phenoxy) is 1. The molecule has 0 heterocycles. The van der Waals surface area contributed by atoms with Crippen LogP contribution in [-0.4, -0.2) is 29.0 Å². The number of nitrogens with two attached hydrogens (primary N) is 1. The third kappa shape index (κ3) is 5.27. The van der Waals surface area contributed by atoms with Crippen molar-refractivity contribution >= 4 is 0 Å². The molecule has 0 radical (unpaired) electrons. The number of hydrogen-bond donors (Lipinski definition) is 3. The molecule has 0 bridgehead atoms. The molecule has 4 nitrogen and oxygen atoms in total. The van der Waals surface area contributed by atoms with Crippen molar-refractivity contribution in [3.05, 3.63) is 29.8 Å². The molecule has 1 aliphatic rings. The molecule has 0 saturated heterocycles. The van der Waals surface area contributed by atoms with E-state index in [1.807, 2.05) is 24.3 Å². The maximum Gasteiger partial charge on any atom is 0.119 e. The lowest BCUT2D eigenvalue weighted by Gasteiger charge is -2.30. The Kier molecular flexibility index (Phi) is 6.68. The number of benzene rings is 1. The minimum atomic E-state index is -0.716. The lowest BCUT2D eigenvalue weighted by Crippen LogP contribution is -2.36. The minimum Gasteiger partial charge on any atom is -0.491 e. The Hall–Kier alpha value is -1.10. The van der Waals surface area contributed by atoms with Crippen molar-refractivity contribution in [1.29, 1.82) is 0 Å². The summed E-state index contributed by atoms with van der Waals surface area (Å²) in [4.78, 5) is 0. The standard InChI is InChI=1S/C18H29NO3/c19-12-9-17(20)15-7-6-8-16(13-15)22-14-18(21)10-4-2-1-3-5-11-18/h6-8,13,17,20-21H,1-5,9-12,14,19H2. The molecule has 1 atom stereocenters. The highest BCUT2D eigenvalue weighted by molar-refractivity contribution is 5.30. The van der Waals surface area contributed by atoms with E-state index >= 15 is 0 Å². The molecule has 4 heteroatoms. The summed E-state index contributed by atoms with van der Waals surface area (Å²) in [6.07, 6.45) is 7.39. The first-order valence-corrected chi connectivity index (χ1v) is 8.46. The van der Waals surface area contributed by atoms with Crippen molar-refractivity contribution in [3.8, 4) is 5.75 Å². The van der Waals surface area contributed by atoms with Crippen LogP contribution in [0.25, 0.3) is 0 Å². The molecule has 1 fully saturated rings. The smallest absolute Gasteiger partial charge is 0.119 e. The Balaban J connectivity index is 1.93. The molecule has 0 spiro atoms. The molecule has 1 aromatic carbocycles. The predicted molar refractivity (Wildman–Crippen MR) is 87.8 cm³/mol. The summed E-state index contributed by atoms with van der Waals surface area (Å²) in [5, 5.41) is 20.7. The molecule has 124 valence electrons. The Morgan fingerprint density at radius 1 is 1.14 bits per heavy atom. The molecule has 2 rings (SSSR count). The summed E-state index contributed by atoms with van der Waals surface area (Å²) >= 11 is 0. The van der Waals surface area contributed by atoms with Crippen LogP contribution in [0.2, 0.25) is 0 Å². The van der Waals surface area contributed by atoms with E-state index in [2.05, 4.69) is 0 Å². The molecular weight excluding hydrogens is 278 g/mol. The summed E-state index contributed by atoms with van der Waals surface area (Å²) in [5.74, 6) is 0.698. The second kappa shape index (κ2) is 8.51. The zero-order valence-electron chi connectivity index (χ0n) is 13.3. The van der Waals surface area contributed by atoms with Crippen molar-refractivity contribution in [2.45, 2.75) is 63.1 Å². The topological polar surface area (TPSA) is 75.7 Å². The van der Waals surface area contributed by atoms with Gasteiger partial charge in [0.25, 0.3) is 0 Å². The van der Waals surface area contributed by atoms with Gasteiger partial charge in [-0.2, -0.15) is 0 Å². The van der Waals surface area contributed by atoms with Crippen LogP contribution in [0.1, 0.15) is 63.0 Å². The van der Waals surface area contributed by atoms with Gasteiger partial charge in [0.2, 0.25) is 0 Å². The first-order chi connectivity index (χ1) is 10.6. The first kappa shape index (κ1) is 17.3. The Morgan fingerprint density at radius 2 is 1.82 bits per heavy atom. The van der Waals surface area contributed by atoms with Crippen molar-refractivity contribution < 1.29 is 14.9 Å². The molecule has 22 heavy (non-hydrogen) atoms. The molecule has 1 unspecified atom stereocenters. The largest absolute Gasteiger partial charge is 0.491 e. The van der Waals surface area contributed by atoms with Gasteiger partial charge in [0, 0.05) is 0 Å². The fourth-order valence-electron chi connectivity index (χ4n) is 3.06. The lowest BCUT2D eigenvalue weighted by molar-refractivity contribution is -0.0257. The maximum atomic E-state index is 10.7. The van der Waals surface area contributed by atoms with E-state index in [1.54, 1.807) is 0 Å². The van der Waals surface area contributed by atoms with E-state index in [-0.39, 0.29) is 0 Å².